The zero-order valence-electron chi connectivity index (χ0n) is 7.75. The van der Waals surface area contributed by atoms with Gasteiger partial charge in [-0.1, -0.05) is 25.1 Å². The molecule has 0 atom stereocenters. The van der Waals surface area contributed by atoms with E-state index >= 15 is 0 Å². The maximum atomic E-state index is 11.1. The molecule has 69 valence electrons. The summed E-state index contributed by atoms with van der Waals surface area (Å²) >= 11 is 0. The second kappa shape index (κ2) is 4.65. The molecule has 0 aromatic heterocycles. The number of hydrogen-bond acceptors (Lipinski definition) is 2. The van der Waals surface area contributed by atoms with E-state index in [4.69, 9.17) is 4.74 Å². The van der Waals surface area contributed by atoms with Crippen LogP contribution in [0.5, 0.6) is 5.75 Å². The maximum Gasteiger partial charge on any atom is 0.311 e. The van der Waals surface area contributed by atoms with Gasteiger partial charge in [-0.15, -0.1) is 0 Å². The van der Waals surface area contributed by atoms with Crippen molar-refractivity contribution in [3.05, 3.63) is 36.8 Å². The minimum atomic E-state index is -0.196. The van der Waals surface area contributed by atoms with Gasteiger partial charge in [0.1, 0.15) is 5.75 Å². The highest BCUT2D eigenvalue weighted by Crippen LogP contribution is 2.16. The molecule has 0 aliphatic heterocycles. The molecule has 1 rings (SSSR count). The number of esters is 1. The highest BCUT2D eigenvalue weighted by atomic mass is 16.5. The lowest BCUT2D eigenvalue weighted by Gasteiger charge is -2.05. The van der Waals surface area contributed by atoms with Crippen molar-refractivity contribution in [2.24, 2.45) is 0 Å². The molecule has 0 spiro atoms. The summed E-state index contributed by atoms with van der Waals surface area (Å²) in [6, 6.07) is 7.24. The van der Waals surface area contributed by atoms with E-state index in [0.29, 0.717) is 12.2 Å². The number of hydrogen-bond donors (Lipinski definition) is 0. The van der Waals surface area contributed by atoms with Crippen LogP contribution in [-0.4, -0.2) is 5.97 Å². The summed E-state index contributed by atoms with van der Waals surface area (Å²) in [5.74, 6) is 0.361. The summed E-state index contributed by atoms with van der Waals surface area (Å²) in [5, 5.41) is 0. The molecule has 0 amide bonds. The maximum absolute atomic E-state index is 11.1. The van der Waals surface area contributed by atoms with E-state index in [0.717, 1.165) is 12.0 Å². The summed E-state index contributed by atoms with van der Waals surface area (Å²) in [6.07, 6.45) is 1.26. The summed E-state index contributed by atoms with van der Waals surface area (Å²) in [6.45, 7) is 5.70. The van der Waals surface area contributed by atoms with Gasteiger partial charge >= 0.3 is 5.97 Å². The van der Waals surface area contributed by atoms with Crippen molar-refractivity contribution in [2.75, 3.05) is 0 Å². The summed E-state index contributed by atoms with van der Waals surface area (Å²) in [5.41, 5.74) is 0.743. The van der Waals surface area contributed by atoms with Crippen molar-refractivity contribution >= 4 is 5.97 Å². The van der Waals surface area contributed by atoms with Crippen LogP contribution >= 0.6 is 0 Å². The summed E-state index contributed by atoms with van der Waals surface area (Å²) in [4.78, 5) is 11.1. The highest BCUT2D eigenvalue weighted by Gasteiger charge is 2.04. The Bertz CT molecular complexity index is 292. The fraction of sp³-hybridized carbons (Fsp3) is 0.273. The second-order valence-corrected chi connectivity index (χ2v) is 2.83. The SMILES string of the molecule is [CH2]c1ccccc1OC(=O)CCC. The molecule has 0 heterocycles. The topological polar surface area (TPSA) is 26.3 Å². The van der Waals surface area contributed by atoms with Gasteiger partial charge in [-0.25, -0.2) is 0 Å². The Balaban J connectivity index is 2.63. The van der Waals surface area contributed by atoms with E-state index in [9.17, 15) is 4.79 Å². The molecule has 0 aliphatic rings. The minimum Gasteiger partial charge on any atom is -0.426 e. The van der Waals surface area contributed by atoms with Gasteiger partial charge in [0.15, 0.2) is 0 Å². The van der Waals surface area contributed by atoms with Crippen LogP contribution in [0.4, 0.5) is 0 Å². The summed E-state index contributed by atoms with van der Waals surface area (Å²) in [7, 11) is 0. The van der Waals surface area contributed by atoms with Gasteiger partial charge in [-0.05, 0) is 25.0 Å². The van der Waals surface area contributed by atoms with Crippen molar-refractivity contribution < 1.29 is 9.53 Å². The normalized spacial score (nSPS) is 9.69. The van der Waals surface area contributed by atoms with E-state index in [2.05, 4.69) is 6.92 Å². The lowest BCUT2D eigenvalue weighted by atomic mass is 10.2. The third-order valence-electron chi connectivity index (χ3n) is 1.65. The second-order valence-electron chi connectivity index (χ2n) is 2.83. The molecule has 0 bridgehead atoms. The molecular weight excluding hydrogens is 164 g/mol. The summed E-state index contributed by atoms with van der Waals surface area (Å²) < 4.78 is 5.08. The molecule has 0 aliphatic carbocycles. The highest BCUT2D eigenvalue weighted by molar-refractivity contribution is 5.72. The van der Waals surface area contributed by atoms with Crippen molar-refractivity contribution in [3.8, 4) is 5.75 Å². The lowest BCUT2D eigenvalue weighted by molar-refractivity contribution is -0.134. The van der Waals surface area contributed by atoms with E-state index < -0.39 is 0 Å². The van der Waals surface area contributed by atoms with Crippen LogP contribution < -0.4 is 4.74 Å². The fourth-order valence-corrected chi connectivity index (χ4v) is 0.981. The Kier molecular flexibility index (Phi) is 3.50. The molecule has 2 heteroatoms. The molecular formula is C11H13O2. The average molecular weight is 177 g/mol. The van der Waals surface area contributed by atoms with Gasteiger partial charge in [-0.3, -0.25) is 4.79 Å². The smallest absolute Gasteiger partial charge is 0.311 e. The largest absolute Gasteiger partial charge is 0.426 e. The van der Waals surface area contributed by atoms with E-state index in [1.54, 1.807) is 6.07 Å². The van der Waals surface area contributed by atoms with Crippen LogP contribution in [0.1, 0.15) is 25.3 Å². The lowest BCUT2D eigenvalue weighted by Crippen LogP contribution is -2.07. The Morgan fingerprint density at radius 2 is 2.15 bits per heavy atom. The van der Waals surface area contributed by atoms with Crippen molar-refractivity contribution in [1.29, 1.82) is 0 Å². The Labute approximate surface area is 78.5 Å². The van der Waals surface area contributed by atoms with Crippen LogP contribution in [0.15, 0.2) is 24.3 Å². The fourth-order valence-electron chi connectivity index (χ4n) is 0.981. The first-order valence-corrected chi connectivity index (χ1v) is 4.35. The van der Waals surface area contributed by atoms with Gasteiger partial charge in [0, 0.05) is 6.42 Å². The molecule has 0 N–H and O–H groups in total. The predicted molar refractivity (Wildman–Crippen MR) is 51.4 cm³/mol. The minimum absolute atomic E-state index is 0.196. The third kappa shape index (κ3) is 2.90. The van der Waals surface area contributed by atoms with Gasteiger partial charge < -0.3 is 4.74 Å². The van der Waals surface area contributed by atoms with E-state index in [1.165, 1.54) is 0 Å². The standard InChI is InChI=1S/C11H13O2/c1-3-6-11(12)13-10-8-5-4-7-9(10)2/h4-5,7-8H,2-3,6H2,1H3. The van der Waals surface area contributed by atoms with Crippen LogP contribution in [0.3, 0.4) is 0 Å². The first kappa shape index (κ1) is 9.78. The Morgan fingerprint density at radius 3 is 2.77 bits per heavy atom. The molecule has 13 heavy (non-hydrogen) atoms. The van der Waals surface area contributed by atoms with Crippen molar-refractivity contribution in [1.82, 2.24) is 0 Å². The van der Waals surface area contributed by atoms with Crippen molar-refractivity contribution in [3.63, 3.8) is 0 Å². The molecule has 0 fully saturated rings. The molecule has 0 saturated heterocycles. The van der Waals surface area contributed by atoms with Crippen LogP contribution in [0.25, 0.3) is 0 Å². The monoisotopic (exact) mass is 177 g/mol. The van der Waals surface area contributed by atoms with Gasteiger partial charge in [-0.2, -0.15) is 0 Å². The molecule has 1 radical (unpaired) electrons. The Morgan fingerprint density at radius 1 is 1.46 bits per heavy atom. The number of rotatable bonds is 3. The van der Waals surface area contributed by atoms with E-state index in [1.807, 2.05) is 25.1 Å². The number of para-hydroxylation sites is 1. The number of carbonyl (C=O) groups is 1. The first-order chi connectivity index (χ1) is 6.24. The number of benzene rings is 1. The molecule has 0 unspecified atom stereocenters. The zero-order valence-corrected chi connectivity index (χ0v) is 7.75. The van der Waals surface area contributed by atoms with Crippen molar-refractivity contribution in [2.45, 2.75) is 19.8 Å². The Hall–Kier alpha value is -1.31. The van der Waals surface area contributed by atoms with E-state index in [-0.39, 0.29) is 5.97 Å². The number of carbonyl (C=O) groups excluding carboxylic acids is 1. The zero-order chi connectivity index (χ0) is 9.68. The molecule has 1 aromatic carbocycles. The van der Waals surface area contributed by atoms with Gasteiger partial charge in [0.2, 0.25) is 0 Å². The van der Waals surface area contributed by atoms with Crippen LogP contribution in [0, 0.1) is 6.92 Å². The number of ether oxygens (including phenoxy) is 1. The first-order valence-electron chi connectivity index (χ1n) is 4.35. The average Bonchev–Trinajstić information content (AvgIpc) is 2.09. The molecule has 2 nitrogen and oxygen atoms in total. The quantitative estimate of drug-likeness (QED) is 0.524. The molecule has 0 saturated carbocycles. The third-order valence-corrected chi connectivity index (χ3v) is 1.65. The van der Waals surface area contributed by atoms with Gasteiger partial charge in [0.25, 0.3) is 0 Å². The predicted octanol–water partition coefficient (Wildman–Crippen LogP) is 2.57. The van der Waals surface area contributed by atoms with Crippen LogP contribution in [-0.2, 0) is 4.79 Å². The van der Waals surface area contributed by atoms with Crippen LogP contribution in [0.2, 0.25) is 0 Å². The van der Waals surface area contributed by atoms with Gasteiger partial charge in [0.05, 0.1) is 0 Å². The molecule has 1 aromatic rings.